The molecule has 0 bridgehead atoms. The third kappa shape index (κ3) is 3.75. The first kappa shape index (κ1) is 17.9. The number of likely N-dealkylation sites (N-methyl/N-ethyl adjacent to an activating group) is 1. The van der Waals surface area contributed by atoms with E-state index in [0.717, 1.165) is 19.2 Å². The number of nitrogens with two attached hydrogens (primary N) is 1. The van der Waals surface area contributed by atoms with Crippen LogP contribution in [0.15, 0.2) is 24.3 Å². The molecule has 120 valence electrons. The lowest BCUT2D eigenvalue weighted by Gasteiger charge is -2.43. The maximum atomic E-state index is 13.2. The number of halogens is 3. The van der Waals surface area contributed by atoms with Gasteiger partial charge in [0, 0.05) is 5.54 Å². The molecule has 0 fully saturated rings. The molecule has 1 rings (SSSR count). The van der Waals surface area contributed by atoms with Crippen molar-refractivity contribution in [1.82, 2.24) is 10.3 Å². The highest BCUT2D eigenvalue weighted by molar-refractivity contribution is 5.34. The molecule has 6 heteroatoms. The van der Waals surface area contributed by atoms with Crippen molar-refractivity contribution < 1.29 is 13.2 Å². The summed E-state index contributed by atoms with van der Waals surface area (Å²) >= 11 is 0. The fraction of sp³-hybridized carbons (Fsp3) is 0.600. The van der Waals surface area contributed by atoms with Gasteiger partial charge in [0.05, 0.1) is 11.6 Å². The zero-order valence-corrected chi connectivity index (χ0v) is 13.0. The second-order valence-electron chi connectivity index (χ2n) is 5.51. The van der Waals surface area contributed by atoms with Crippen LogP contribution >= 0.6 is 0 Å². The lowest BCUT2D eigenvalue weighted by molar-refractivity contribution is -0.138. The van der Waals surface area contributed by atoms with Crippen LogP contribution in [0.2, 0.25) is 0 Å². The van der Waals surface area contributed by atoms with Crippen molar-refractivity contribution >= 4 is 0 Å². The summed E-state index contributed by atoms with van der Waals surface area (Å²) in [6.45, 7) is 9.23. The van der Waals surface area contributed by atoms with E-state index >= 15 is 0 Å². The second kappa shape index (κ2) is 6.77. The number of rotatable bonds is 6. The third-order valence-electron chi connectivity index (χ3n) is 4.03. The van der Waals surface area contributed by atoms with Gasteiger partial charge in [-0.15, -0.1) is 0 Å². The molecule has 1 aromatic rings. The number of nitrogens with one attached hydrogen (secondary N) is 1. The number of nitrogens with zero attached hydrogens (tertiary/aromatic N) is 1. The number of hydrogen-bond donors (Lipinski definition) is 2. The molecule has 1 atom stereocenters. The topological polar surface area (TPSA) is 41.3 Å². The lowest BCUT2D eigenvalue weighted by atomic mass is 9.84. The highest BCUT2D eigenvalue weighted by atomic mass is 19.4. The Kier molecular flexibility index (Phi) is 5.78. The highest BCUT2D eigenvalue weighted by Gasteiger charge is 2.40. The van der Waals surface area contributed by atoms with Crippen LogP contribution in [0.5, 0.6) is 0 Å². The molecule has 0 aliphatic heterocycles. The first-order valence-electron chi connectivity index (χ1n) is 7.07. The van der Waals surface area contributed by atoms with Crippen LogP contribution < -0.4 is 11.3 Å². The van der Waals surface area contributed by atoms with E-state index in [1.54, 1.807) is 6.07 Å². The first-order chi connectivity index (χ1) is 9.70. The lowest BCUT2D eigenvalue weighted by Crippen LogP contribution is -2.54. The monoisotopic (exact) mass is 303 g/mol. The van der Waals surface area contributed by atoms with Crippen LogP contribution in [-0.2, 0) is 6.18 Å². The van der Waals surface area contributed by atoms with E-state index in [1.807, 2.05) is 27.7 Å². The molecule has 0 spiro atoms. The smallest absolute Gasteiger partial charge is 0.297 e. The van der Waals surface area contributed by atoms with Gasteiger partial charge in [-0.2, -0.15) is 13.2 Å². The van der Waals surface area contributed by atoms with Crippen molar-refractivity contribution in [2.24, 2.45) is 5.84 Å². The van der Waals surface area contributed by atoms with Crippen molar-refractivity contribution in [2.45, 2.75) is 45.5 Å². The van der Waals surface area contributed by atoms with E-state index in [4.69, 9.17) is 5.84 Å². The Hall–Kier alpha value is -1.11. The fourth-order valence-electron chi connectivity index (χ4n) is 2.90. The minimum atomic E-state index is -4.40. The summed E-state index contributed by atoms with van der Waals surface area (Å²) in [6, 6.07) is 4.95. The number of hydrogen-bond acceptors (Lipinski definition) is 3. The molecule has 3 N–H and O–H groups in total. The average molecular weight is 303 g/mol. The normalized spacial score (nSPS) is 14.5. The molecule has 0 heterocycles. The quantitative estimate of drug-likeness (QED) is 0.625. The first-order valence-corrected chi connectivity index (χ1v) is 7.07. The summed E-state index contributed by atoms with van der Waals surface area (Å²) in [5.74, 6) is 5.61. The number of alkyl halides is 3. The van der Waals surface area contributed by atoms with Gasteiger partial charge in [0.25, 0.3) is 0 Å². The van der Waals surface area contributed by atoms with Crippen LogP contribution in [0.25, 0.3) is 0 Å². The SMILES string of the molecule is CCN(CC)C(C)(C)C(NN)c1ccccc1C(F)(F)F. The van der Waals surface area contributed by atoms with Crippen LogP contribution in [0.4, 0.5) is 13.2 Å². The standard InChI is InChI=1S/C15H24F3N3/c1-5-21(6-2)14(3,4)13(20-19)11-9-7-8-10-12(11)15(16,17)18/h7-10,13,20H,5-6,19H2,1-4H3. The molecule has 0 radical (unpaired) electrons. The van der Waals surface area contributed by atoms with Crippen LogP contribution in [-0.4, -0.2) is 23.5 Å². The zero-order valence-electron chi connectivity index (χ0n) is 13.0. The fourth-order valence-corrected chi connectivity index (χ4v) is 2.90. The Balaban J connectivity index is 3.35. The van der Waals surface area contributed by atoms with Crippen LogP contribution in [0.1, 0.15) is 44.9 Å². The summed E-state index contributed by atoms with van der Waals surface area (Å²) in [7, 11) is 0. The van der Waals surface area contributed by atoms with Gasteiger partial charge >= 0.3 is 6.18 Å². The van der Waals surface area contributed by atoms with Gasteiger partial charge in [-0.25, -0.2) is 0 Å². The summed E-state index contributed by atoms with van der Waals surface area (Å²) in [4.78, 5) is 2.09. The molecular weight excluding hydrogens is 279 g/mol. The molecule has 3 nitrogen and oxygen atoms in total. The Bertz CT molecular complexity index is 454. The third-order valence-corrected chi connectivity index (χ3v) is 4.03. The van der Waals surface area contributed by atoms with E-state index < -0.39 is 23.3 Å². The molecule has 1 unspecified atom stereocenters. The van der Waals surface area contributed by atoms with E-state index in [9.17, 15) is 13.2 Å². The Morgan fingerprint density at radius 1 is 1.14 bits per heavy atom. The Morgan fingerprint density at radius 3 is 2.10 bits per heavy atom. The van der Waals surface area contributed by atoms with E-state index in [-0.39, 0.29) is 5.56 Å². The molecule has 0 saturated carbocycles. The molecule has 0 aliphatic rings. The van der Waals surface area contributed by atoms with E-state index in [1.165, 1.54) is 12.1 Å². The maximum Gasteiger partial charge on any atom is 0.416 e. The van der Waals surface area contributed by atoms with Gasteiger partial charge in [-0.3, -0.25) is 16.2 Å². The van der Waals surface area contributed by atoms with Gasteiger partial charge in [-0.1, -0.05) is 32.0 Å². The molecular formula is C15H24F3N3. The van der Waals surface area contributed by atoms with E-state index in [0.29, 0.717) is 0 Å². The summed E-state index contributed by atoms with van der Waals surface area (Å²) in [6.07, 6.45) is -4.40. The van der Waals surface area contributed by atoms with Crippen molar-refractivity contribution in [3.8, 4) is 0 Å². The Morgan fingerprint density at radius 2 is 1.67 bits per heavy atom. The van der Waals surface area contributed by atoms with Gasteiger partial charge in [0.2, 0.25) is 0 Å². The van der Waals surface area contributed by atoms with Crippen molar-refractivity contribution in [2.75, 3.05) is 13.1 Å². The molecule has 0 aromatic heterocycles. The molecule has 21 heavy (non-hydrogen) atoms. The van der Waals surface area contributed by atoms with Crippen LogP contribution in [0, 0.1) is 0 Å². The molecule has 0 aliphatic carbocycles. The van der Waals surface area contributed by atoms with Gasteiger partial charge in [0.1, 0.15) is 0 Å². The van der Waals surface area contributed by atoms with E-state index in [2.05, 4.69) is 10.3 Å². The predicted molar refractivity (Wildman–Crippen MR) is 78.5 cm³/mol. The maximum absolute atomic E-state index is 13.2. The molecule has 0 amide bonds. The van der Waals surface area contributed by atoms with Crippen LogP contribution in [0.3, 0.4) is 0 Å². The van der Waals surface area contributed by atoms with Crippen molar-refractivity contribution in [3.05, 3.63) is 35.4 Å². The zero-order chi connectivity index (χ0) is 16.3. The summed E-state index contributed by atoms with van der Waals surface area (Å²) in [5, 5.41) is 0. The Labute approximate surface area is 124 Å². The molecule has 0 saturated heterocycles. The van der Waals surface area contributed by atoms with Gasteiger partial charge in [-0.05, 0) is 38.6 Å². The number of benzene rings is 1. The summed E-state index contributed by atoms with van der Waals surface area (Å²) < 4.78 is 39.6. The number of hydrazine groups is 1. The van der Waals surface area contributed by atoms with Gasteiger partial charge in [0.15, 0.2) is 0 Å². The summed E-state index contributed by atoms with van der Waals surface area (Å²) in [5.41, 5.74) is 1.55. The van der Waals surface area contributed by atoms with Crippen molar-refractivity contribution in [3.63, 3.8) is 0 Å². The minimum absolute atomic E-state index is 0.171. The predicted octanol–water partition coefficient (Wildman–Crippen LogP) is 3.33. The largest absolute Gasteiger partial charge is 0.416 e. The van der Waals surface area contributed by atoms with Gasteiger partial charge < -0.3 is 0 Å². The average Bonchev–Trinajstić information content (AvgIpc) is 2.39. The minimum Gasteiger partial charge on any atom is -0.297 e. The second-order valence-corrected chi connectivity index (χ2v) is 5.51. The molecule has 1 aromatic carbocycles. The van der Waals surface area contributed by atoms with Crippen molar-refractivity contribution in [1.29, 1.82) is 0 Å². The highest BCUT2D eigenvalue weighted by Crippen LogP contribution is 2.39.